The molecule has 0 aliphatic carbocycles. The molecule has 3 rings (SSSR count). The number of aromatic nitrogens is 1. The fraction of sp³-hybridized carbons (Fsp3) is 0.176. The van der Waals surface area contributed by atoms with Crippen LogP contribution in [0.5, 0.6) is 0 Å². The van der Waals surface area contributed by atoms with Crippen LogP contribution in [0.25, 0.3) is 21.5 Å². The number of aryl methyl sites for hydroxylation is 3. The Morgan fingerprint density at radius 3 is 2.52 bits per heavy atom. The molecule has 2 nitrogen and oxygen atoms in total. The van der Waals surface area contributed by atoms with Crippen LogP contribution in [0.2, 0.25) is 0 Å². The summed E-state index contributed by atoms with van der Waals surface area (Å²) in [5.74, 6) is 0. The van der Waals surface area contributed by atoms with Gasteiger partial charge in [-0.15, -0.1) is 11.3 Å². The van der Waals surface area contributed by atoms with E-state index in [1.165, 1.54) is 4.88 Å². The zero-order chi connectivity index (χ0) is 15.1. The van der Waals surface area contributed by atoms with Gasteiger partial charge in [0.25, 0.3) is 5.24 Å². The Labute approximate surface area is 132 Å². The average molecular weight is 316 g/mol. The third-order valence-electron chi connectivity index (χ3n) is 3.45. The first-order valence-electron chi connectivity index (χ1n) is 6.64. The maximum atomic E-state index is 11.8. The molecule has 0 saturated heterocycles. The summed E-state index contributed by atoms with van der Waals surface area (Å²) in [5.41, 5.74) is 4.32. The van der Waals surface area contributed by atoms with Gasteiger partial charge in [-0.1, -0.05) is 11.6 Å². The zero-order valence-corrected chi connectivity index (χ0v) is 13.6. The molecule has 0 spiro atoms. The number of carbonyl (C=O) groups excluding carboxylic acids is 1. The lowest BCUT2D eigenvalue weighted by Gasteiger charge is -2.09. The van der Waals surface area contributed by atoms with E-state index in [9.17, 15) is 4.79 Å². The van der Waals surface area contributed by atoms with Crippen LogP contribution in [0.15, 0.2) is 30.3 Å². The van der Waals surface area contributed by atoms with E-state index < -0.39 is 5.24 Å². The fourth-order valence-corrected chi connectivity index (χ4v) is 3.53. The molecular weight excluding hydrogens is 302 g/mol. The van der Waals surface area contributed by atoms with E-state index in [1.54, 1.807) is 17.4 Å². The first kappa shape index (κ1) is 14.2. The summed E-state index contributed by atoms with van der Waals surface area (Å²) in [6.45, 7) is 6.07. The minimum atomic E-state index is -0.443. The number of rotatable bonds is 2. The number of hydrogen-bond acceptors (Lipinski definition) is 3. The van der Waals surface area contributed by atoms with Gasteiger partial charge in [-0.2, -0.15) is 0 Å². The quantitative estimate of drug-likeness (QED) is 0.603. The maximum Gasteiger partial charge on any atom is 0.253 e. The summed E-state index contributed by atoms with van der Waals surface area (Å²) >= 11 is 7.45. The molecule has 0 atom stereocenters. The standard InChI is InChI=1S/C17H14ClNOS/c1-9-6-10(2)16-12(7-9)13(17(18)20)8-14(19-16)15-5-4-11(3)21-15/h4-8H,1-3H3. The van der Waals surface area contributed by atoms with Gasteiger partial charge in [0.1, 0.15) is 0 Å². The van der Waals surface area contributed by atoms with E-state index in [2.05, 4.69) is 19.1 Å². The molecule has 3 aromatic rings. The highest BCUT2D eigenvalue weighted by molar-refractivity contribution is 7.15. The number of benzene rings is 1. The lowest BCUT2D eigenvalue weighted by atomic mass is 10.0. The van der Waals surface area contributed by atoms with Gasteiger partial charge in [-0.3, -0.25) is 4.79 Å². The number of carbonyl (C=O) groups is 1. The fourth-order valence-electron chi connectivity index (χ4n) is 2.54. The third kappa shape index (κ3) is 2.59. The van der Waals surface area contributed by atoms with E-state index >= 15 is 0 Å². The van der Waals surface area contributed by atoms with Crippen LogP contribution in [0, 0.1) is 20.8 Å². The highest BCUT2D eigenvalue weighted by Gasteiger charge is 2.14. The zero-order valence-electron chi connectivity index (χ0n) is 12.0. The van der Waals surface area contributed by atoms with Crippen LogP contribution in [0.3, 0.4) is 0 Å². The van der Waals surface area contributed by atoms with Crippen molar-refractivity contribution in [3.05, 3.63) is 51.9 Å². The van der Waals surface area contributed by atoms with E-state index in [-0.39, 0.29) is 0 Å². The van der Waals surface area contributed by atoms with E-state index in [1.807, 2.05) is 26.0 Å². The Kier molecular flexibility index (Phi) is 3.56. The van der Waals surface area contributed by atoms with Crippen molar-refractivity contribution in [3.8, 4) is 10.6 Å². The van der Waals surface area contributed by atoms with Crippen molar-refractivity contribution in [2.75, 3.05) is 0 Å². The smallest absolute Gasteiger partial charge is 0.253 e. The Bertz CT molecular complexity index is 867. The topological polar surface area (TPSA) is 30.0 Å². The summed E-state index contributed by atoms with van der Waals surface area (Å²) in [6.07, 6.45) is 0. The van der Waals surface area contributed by atoms with Crippen molar-refractivity contribution in [1.29, 1.82) is 0 Å². The van der Waals surface area contributed by atoms with Crippen molar-refractivity contribution in [2.45, 2.75) is 20.8 Å². The second-order valence-corrected chi connectivity index (χ2v) is 6.85. The minimum Gasteiger partial charge on any atom is -0.276 e. The number of thiophene rings is 1. The number of nitrogens with zero attached hydrogens (tertiary/aromatic N) is 1. The Morgan fingerprint density at radius 1 is 1.14 bits per heavy atom. The van der Waals surface area contributed by atoms with Gasteiger partial charge in [0.05, 0.1) is 16.1 Å². The lowest BCUT2D eigenvalue weighted by molar-refractivity contribution is 0.108. The number of fused-ring (bicyclic) bond motifs is 1. The third-order valence-corrected chi connectivity index (χ3v) is 4.68. The highest BCUT2D eigenvalue weighted by atomic mass is 35.5. The number of halogens is 1. The SMILES string of the molecule is Cc1cc(C)c2nc(-c3ccc(C)s3)cc(C(=O)Cl)c2c1. The van der Waals surface area contributed by atoms with Crippen LogP contribution >= 0.6 is 22.9 Å². The van der Waals surface area contributed by atoms with Crippen LogP contribution < -0.4 is 0 Å². The summed E-state index contributed by atoms with van der Waals surface area (Å²) in [4.78, 5) is 18.8. The molecule has 21 heavy (non-hydrogen) atoms. The molecule has 0 saturated carbocycles. The van der Waals surface area contributed by atoms with Crippen LogP contribution in [0.4, 0.5) is 0 Å². The first-order chi connectivity index (χ1) is 9.95. The van der Waals surface area contributed by atoms with Gasteiger partial charge >= 0.3 is 0 Å². The second-order valence-electron chi connectivity index (χ2n) is 5.22. The predicted molar refractivity (Wildman–Crippen MR) is 89.5 cm³/mol. The molecule has 2 aromatic heterocycles. The summed E-state index contributed by atoms with van der Waals surface area (Å²) < 4.78 is 0. The van der Waals surface area contributed by atoms with Crippen molar-refractivity contribution in [1.82, 2.24) is 4.98 Å². The molecule has 0 bridgehead atoms. The molecule has 0 aliphatic rings. The van der Waals surface area contributed by atoms with Gasteiger partial charge in [0.15, 0.2) is 0 Å². The molecule has 0 amide bonds. The van der Waals surface area contributed by atoms with Crippen LogP contribution in [0.1, 0.15) is 26.4 Å². The molecule has 0 fully saturated rings. The molecule has 0 N–H and O–H groups in total. The highest BCUT2D eigenvalue weighted by Crippen LogP contribution is 2.32. The van der Waals surface area contributed by atoms with Crippen LogP contribution in [-0.4, -0.2) is 10.2 Å². The van der Waals surface area contributed by atoms with E-state index in [0.29, 0.717) is 5.56 Å². The molecule has 0 unspecified atom stereocenters. The van der Waals surface area contributed by atoms with E-state index in [4.69, 9.17) is 16.6 Å². The summed E-state index contributed by atoms with van der Waals surface area (Å²) in [6, 6.07) is 9.91. The van der Waals surface area contributed by atoms with Gasteiger partial charge in [-0.05, 0) is 62.2 Å². The van der Waals surface area contributed by atoms with Crippen molar-refractivity contribution in [2.24, 2.45) is 0 Å². The summed E-state index contributed by atoms with van der Waals surface area (Å²) in [5, 5.41) is 0.381. The molecular formula is C17H14ClNOS. The van der Waals surface area contributed by atoms with Gasteiger partial charge in [0.2, 0.25) is 0 Å². The lowest BCUT2D eigenvalue weighted by Crippen LogP contribution is -1.97. The average Bonchev–Trinajstić information content (AvgIpc) is 2.84. The monoisotopic (exact) mass is 315 g/mol. The molecule has 2 heterocycles. The largest absolute Gasteiger partial charge is 0.276 e. The molecule has 0 aliphatic heterocycles. The normalized spacial score (nSPS) is 11.0. The Morgan fingerprint density at radius 2 is 1.90 bits per heavy atom. The maximum absolute atomic E-state index is 11.8. The number of pyridine rings is 1. The second kappa shape index (κ2) is 5.24. The molecule has 0 radical (unpaired) electrons. The minimum absolute atomic E-state index is 0.443. The molecule has 4 heteroatoms. The van der Waals surface area contributed by atoms with Gasteiger partial charge < -0.3 is 0 Å². The Balaban J connectivity index is 2.37. The van der Waals surface area contributed by atoms with Crippen molar-refractivity contribution in [3.63, 3.8) is 0 Å². The first-order valence-corrected chi connectivity index (χ1v) is 7.84. The van der Waals surface area contributed by atoms with Gasteiger partial charge in [-0.25, -0.2) is 4.98 Å². The Hall–Kier alpha value is -1.71. The molecule has 1 aromatic carbocycles. The van der Waals surface area contributed by atoms with E-state index in [0.717, 1.165) is 32.6 Å². The molecule has 106 valence electrons. The van der Waals surface area contributed by atoms with Crippen molar-refractivity contribution < 1.29 is 4.79 Å². The predicted octanol–water partition coefficient (Wildman–Crippen LogP) is 5.27. The van der Waals surface area contributed by atoms with Crippen LogP contribution in [-0.2, 0) is 0 Å². The van der Waals surface area contributed by atoms with Crippen molar-refractivity contribution >= 4 is 39.1 Å². The number of hydrogen-bond donors (Lipinski definition) is 0. The summed E-state index contributed by atoms with van der Waals surface area (Å²) in [7, 11) is 0. The van der Waals surface area contributed by atoms with Gasteiger partial charge in [0, 0.05) is 15.8 Å².